The van der Waals surface area contributed by atoms with Crippen LogP contribution in [0.15, 0.2) is 36.4 Å². The van der Waals surface area contributed by atoms with Crippen LogP contribution < -0.4 is 34.5 Å². The molecule has 1 heterocycles. The molecule has 9 heteroatoms. The highest BCUT2D eigenvalue weighted by molar-refractivity contribution is 5.98. The molecule has 3 rings (SSSR count). The van der Waals surface area contributed by atoms with E-state index in [4.69, 9.17) is 23.7 Å². The smallest absolute Gasteiger partial charge is 0.269 e. The minimum absolute atomic E-state index is 0.314. The third kappa shape index (κ3) is 6.57. The van der Waals surface area contributed by atoms with Crippen molar-refractivity contribution in [3.8, 4) is 28.7 Å². The van der Waals surface area contributed by atoms with Gasteiger partial charge in [-0.3, -0.25) is 20.4 Å². The van der Waals surface area contributed by atoms with Crippen molar-refractivity contribution in [2.24, 2.45) is 5.92 Å². The molecule has 2 amide bonds. The van der Waals surface area contributed by atoms with Crippen LogP contribution in [0.25, 0.3) is 6.08 Å². The van der Waals surface area contributed by atoms with Crippen molar-refractivity contribution < 1.29 is 33.3 Å². The van der Waals surface area contributed by atoms with Crippen LogP contribution in [0.3, 0.4) is 0 Å². The first-order valence-corrected chi connectivity index (χ1v) is 11.0. The number of benzene rings is 2. The minimum atomic E-state index is -0.511. The summed E-state index contributed by atoms with van der Waals surface area (Å²) in [6, 6.07) is 8.31. The maximum atomic E-state index is 12.5. The maximum absolute atomic E-state index is 12.5. The molecule has 1 aliphatic heterocycles. The third-order valence-electron chi connectivity index (χ3n) is 4.96. The van der Waals surface area contributed by atoms with Gasteiger partial charge in [0.2, 0.25) is 5.75 Å². The first-order valence-electron chi connectivity index (χ1n) is 11.0. The van der Waals surface area contributed by atoms with Crippen LogP contribution in [-0.2, 0) is 4.79 Å². The summed E-state index contributed by atoms with van der Waals surface area (Å²) >= 11 is 0. The Labute approximate surface area is 198 Å². The Bertz CT molecular complexity index is 1030. The van der Waals surface area contributed by atoms with Crippen LogP contribution in [0, 0.1) is 5.92 Å². The van der Waals surface area contributed by atoms with E-state index in [1.54, 1.807) is 36.4 Å². The van der Waals surface area contributed by atoms with Crippen molar-refractivity contribution in [3.05, 3.63) is 47.5 Å². The third-order valence-corrected chi connectivity index (χ3v) is 4.96. The number of hydrazine groups is 1. The number of carbonyl (C=O) groups excluding carboxylic acids is 2. The van der Waals surface area contributed by atoms with E-state index in [-0.39, 0.29) is 0 Å². The number of nitrogens with one attached hydrogen (secondary N) is 2. The number of fused-ring (bicyclic) bond motifs is 1. The first-order chi connectivity index (χ1) is 16.4. The largest absolute Gasteiger partial charge is 0.493 e. The van der Waals surface area contributed by atoms with Gasteiger partial charge in [-0.2, -0.15) is 0 Å². The van der Waals surface area contributed by atoms with E-state index >= 15 is 0 Å². The van der Waals surface area contributed by atoms with E-state index in [1.165, 1.54) is 20.3 Å². The number of rotatable bonds is 9. The molecule has 0 atom stereocenters. The fourth-order valence-corrected chi connectivity index (χ4v) is 3.13. The molecule has 2 N–H and O–H groups in total. The normalized spacial score (nSPS) is 12.4. The van der Waals surface area contributed by atoms with Crippen LogP contribution in [-0.4, -0.2) is 45.9 Å². The standard InChI is InChI=1S/C25H30N2O7/c1-16(2)9-10-32-19-7-6-18(15-20(19)30-3)25(29)27-26-23(28)8-5-17-13-21(31-4)24-22(14-17)33-11-12-34-24/h5-8,13-16H,9-12H2,1-4H3,(H,26,28)(H,27,29)/b8-5+. The van der Waals surface area contributed by atoms with Gasteiger partial charge < -0.3 is 23.7 Å². The van der Waals surface area contributed by atoms with Gasteiger partial charge in [-0.15, -0.1) is 0 Å². The Balaban J connectivity index is 1.57. The lowest BCUT2D eigenvalue weighted by Crippen LogP contribution is -2.40. The van der Waals surface area contributed by atoms with Gasteiger partial charge in [-0.05, 0) is 54.3 Å². The number of hydrogen-bond donors (Lipinski definition) is 2. The zero-order valence-electron chi connectivity index (χ0n) is 19.8. The van der Waals surface area contributed by atoms with E-state index in [9.17, 15) is 9.59 Å². The van der Waals surface area contributed by atoms with Crippen LogP contribution in [0.4, 0.5) is 0 Å². The van der Waals surface area contributed by atoms with Gasteiger partial charge in [0.15, 0.2) is 23.0 Å². The van der Waals surface area contributed by atoms with Crippen LogP contribution in [0.2, 0.25) is 0 Å². The van der Waals surface area contributed by atoms with Crippen molar-refractivity contribution >= 4 is 17.9 Å². The van der Waals surface area contributed by atoms with Crippen molar-refractivity contribution in [1.82, 2.24) is 10.9 Å². The van der Waals surface area contributed by atoms with Crippen LogP contribution >= 0.6 is 0 Å². The molecule has 34 heavy (non-hydrogen) atoms. The number of hydrogen-bond acceptors (Lipinski definition) is 7. The second-order valence-corrected chi connectivity index (χ2v) is 7.92. The Kier molecular flexibility index (Phi) is 8.61. The molecule has 9 nitrogen and oxygen atoms in total. The lowest BCUT2D eigenvalue weighted by Gasteiger charge is -2.20. The van der Waals surface area contributed by atoms with Crippen molar-refractivity contribution in [3.63, 3.8) is 0 Å². The molecule has 182 valence electrons. The summed E-state index contributed by atoms with van der Waals surface area (Å²) in [6.07, 6.45) is 3.77. The lowest BCUT2D eigenvalue weighted by atomic mass is 10.1. The summed E-state index contributed by atoms with van der Waals surface area (Å²) in [4.78, 5) is 24.7. The number of amides is 2. The quantitative estimate of drug-likeness (QED) is 0.428. The van der Waals surface area contributed by atoms with Crippen molar-refractivity contribution in [2.75, 3.05) is 34.0 Å². The van der Waals surface area contributed by atoms with Crippen molar-refractivity contribution in [2.45, 2.75) is 20.3 Å². The van der Waals surface area contributed by atoms with E-state index in [2.05, 4.69) is 24.7 Å². The van der Waals surface area contributed by atoms with E-state index in [1.807, 2.05) is 0 Å². The second kappa shape index (κ2) is 11.8. The molecule has 1 aliphatic rings. The molecule has 0 saturated heterocycles. The minimum Gasteiger partial charge on any atom is -0.493 e. The molecule has 0 radical (unpaired) electrons. The predicted octanol–water partition coefficient (Wildman–Crippen LogP) is 3.37. The summed E-state index contributed by atoms with van der Waals surface area (Å²) in [5, 5.41) is 0. The lowest BCUT2D eigenvalue weighted by molar-refractivity contribution is -0.117. The highest BCUT2D eigenvalue weighted by Gasteiger charge is 2.18. The zero-order chi connectivity index (χ0) is 24.5. The average Bonchev–Trinajstić information content (AvgIpc) is 2.85. The van der Waals surface area contributed by atoms with Gasteiger partial charge in [0.1, 0.15) is 13.2 Å². The maximum Gasteiger partial charge on any atom is 0.269 e. The van der Waals surface area contributed by atoms with Gasteiger partial charge in [0.25, 0.3) is 11.8 Å². The molecule has 0 fully saturated rings. The zero-order valence-corrected chi connectivity index (χ0v) is 19.8. The van der Waals surface area contributed by atoms with Gasteiger partial charge in [0.05, 0.1) is 20.8 Å². The monoisotopic (exact) mass is 470 g/mol. The van der Waals surface area contributed by atoms with Gasteiger partial charge in [0, 0.05) is 11.6 Å². The summed E-state index contributed by atoms with van der Waals surface area (Å²) in [6.45, 7) is 5.67. The van der Waals surface area contributed by atoms with Gasteiger partial charge >= 0.3 is 0 Å². The fourth-order valence-electron chi connectivity index (χ4n) is 3.13. The molecular formula is C25H30N2O7. The highest BCUT2D eigenvalue weighted by Crippen LogP contribution is 2.40. The van der Waals surface area contributed by atoms with Gasteiger partial charge in [-0.1, -0.05) is 13.8 Å². The fraction of sp³-hybridized carbons (Fsp3) is 0.360. The van der Waals surface area contributed by atoms with E-state index < -0.39 is 11.8 Å². The van der Waals surface area contributed by atoms with Crippen LogP contribution in [0.5, 0.6) is 28.7 Å². The molecule has 0 spiro atoms. The molecule has 0 aromatic heterocycles. The SMILES string of the molecule is COc1cc(C(=O)NNC(=O)/C=C/c2cc(OC)c3c(c2)OCCO3)ccc1OCCC(C)C. The Morgan fingerprint density at radius 3 is 2.50 bits per heavy atom. The molecule has 0 bridgehead atoms. The number of methoxy groups -OCH3 is 2. The van der Waals surface area contributed by atoms with Crippen LogP contribution in [0.1, 0.15) is 36.2 Å². The second-order valence-electron chi connectivity index (χ2n) is 7.92. The summed E-state index contributed by atoms with van der Waals surface area (Å²) in [7, 11) is 3.04. The first kappa shape index (κ1) is 24.8. The average molecular weight is 471 g/mol. The van der Waals surface area contributed by atoms with E-state index in [0.29, 0.717) is 65.6 Å². The predicted molar refractivity (Wildman–Crippen MR) is 127 cm³/mol. The Hall–Kier alpha value is -3.88. The van der Waals surface area contributed by atoms with Crippen molar-refractivity contribution in [1.29, 1.82) is 0 Å². The highest BCUT2D eigenvalue weighted by atomic mass is 16.6. The number of ether oxygens (including phenoxy) is 5. The molecule has 2 aromatic carbocycles. The molecule has 0 aliphatic carbocycles. The van der Waals surface area contributed by atoms with Gasteiger partial charge in [-0.25, -0.2) is 0 Å². The summed E-state index contributed by atoms with van der Waals surface area (Å²) < 4.78 is 27.6. The Morgan fingerprint density at radius 2 is 1.76 bits per heavy atom. The summed E-state index contributed by atoms with van der Waals surface area (Å²) in [5.41, 5.74) is 5.73. The molecule has 0 saturated carbocycles. The summed E-state index contributed by atoms with van der Waals surface area (Å²) in [5.74, 6) is 2.11. The van der Waals surface area contributed by atoms with E-state index in [0.717, 1.165) is 6.42 Å². The topological polar surface area (TPSA) is 104 Å². The molecular weight excluding hydrogens is 440 g/mol. The molecule has 0 unspecified atom stereocenters. The molecule has 2 aromatic rings. The number of carbonyl (C=O) groups is 2. The Morgan fingerprint density at radius 1 is 1.00 bits per heavy atom.